The standard InChI is InChI=1S/C10H17ClN2/c1-3-9(4-2)8-13-6-5-12-10(13)7-11/h5-6,9H,3-4,7-8H2,1-2H3. The van der Waals surface area contributed by atoms with E-state index in [2.05, 4.69) is 23.4 Å². The van der Waals surface area contributed by atoms with Crippen molar-refractivity contribution in [3.63, 3.8) is 0 Å². The zero-order valence-electron chi connectivity index (χ0n) is 8.33. The molecule has 13 heavy (non-hydrogen) atoms. The molecule has 1 aromatic rings. The Morgan fingerprint density at radius 1 is 1.46 bits per heavy atom. The highest BCUT2D eigenvalue weighted by molar-refractivity contribution is 6.16. The highest BCUT2D eigenvalue weighted by Gasteiger charge is 2.07. The minimum Gasteiger partial charge on any atom is -0.334 e. The zero-order chi connectivity index (χ0) is 9.68. The second-order valence-corrected chi connectivity index (χ2v) is 3.58. The molecule has 0 bridgehead atoms. The van der Waals surface area contributed by atoms with Gasteiger partial charge in [-0.3, -0.25) is 0 Å². The average molecular weight is 201 g/mol. The van der Waals surface area contributed by atoms with Crippen LogP contribution in [0.2, 0.25) is 0 Å². The molecule has 0 atom stereocenters. The van der Waals surface area contributed by atoms with E-state index in [0.29, 0.717) is 5.88 Å². The molecule has 0 amide bonds. The number of rotatable bonds is 5. The van der Waals surface area contributed by atoms with E-state index in [4.69, 9.17) is 11.6 Å². The fourth-order valence-corrected chi connectivity index (χ4v) is 1.69. The molecule has 0 spiro atoms. The first kappa shape index (κ1) is 10.6. The van der Waals surface area contributed by atoms with Crippen molar-refractivity contribution in [3.05, 3.63) is 18.2 Å². The van der Waals surface area contributed by atoms with Crippen molar-refractivity contribution in [2.75, 3.05) is 0 Å². The van der Waals surface area contributed by atoms with Crippen molar-refractivity contribution in [1.29, 1.82) is 0 Å². The third-order valence-electron chi connectivity index (χ3n) is 2.53. The third-order valence-corrected chi connectivity index (χ3v) is 2.77. The Hall–Kier alpha value is -0.500. The molecule has 0 aliphatic carbocycles. The Kier molecular flexibility index (Phi) is 4.29. The summed E-state index contributed by atoms with van der Waals surface area (Å²) in [4.78, 5) is 4.19. The molecule has 0 unspecified atom stereocenters. The van der Waals surface area contributed by atoms with Crippen LogP contribution in [-0.2, 0) is 12.4 Å². The van der Waals surface area contributed by atoms with Gasteiger partial charge in [-0.15, -0.1) is 11.6 Å². The van der Waals surface area contributed by atoms with Crippen molar-refractivity contribution >= 4 is 11.6 Å². The van der Waals surface area contributed by atoms with Gasteiger partial charge in [-0.1, -0.05) is 26.7 Å². The zero-order valence-corrected chi connectivity index (χ0v) is 9.09. The van der Waals surface area contributed by atoms with Gasteiger partial charge in [0.15, 0.2) is 0 Å². The number of hydrogen-bond acceptors (Lipinski definition) is 1. The van der Waals surface area contributed by atoms with Crippen molar-refractivity contribution < 1.29 is 0 Å². The van der Waals surface area contributed by atoms with Gasteiger partial charge in [0.2, 0.25) is 0 Å². The van der Waals surface area contributed by atoms with E-state index < -0.39 is 0 Å². The topological polar surface area (TPSA) is 17.8 Å². The van der Waals surface area contributed by atoms with Gasteiger partial charge in [-0.05, 0) is 5.92 Å². The van der Waals surface area contributed by atoms with Gasteiger partial charge in [0, 0.05) is 18.9 Å². The van der Waals surface area contributed by atoms with Crippen molar-refractivity contribution in [3.8, 4) is 0 Å². The maximum absolute atomic E-state index is 5.76. The van der Waals surface area contributed by atoms with Gasteiger partial charge < -0.3 is 4.57 Å². The first-order valence-electron chi connectivity index (χ1n) is 4.87. The average Bonchev–Trinajstić information content (AvgIpc) is 2.61. The van der Waals surface area contributed by atoms with Gasteiger partial charge in [-0.2, -0.15) is 0 Å². The van der Waals surface area contributed by atoms with E-state index in [9.17, 15) is 0 Å². The van der Waals surface area contributed by atoms with Crippen molar-refractivity contribution in [2.45, 2.75) is 39.1 Å². The Morgan fingerprint density at radius 2 is 2.15 bits per heavy atom. The molecule has 1 aromatic heterocycles. The Labute approximate surface area is 84.9 Å². The minimum atomic E-state index is 0.507. The Balaban J connectivity index is 2.61. The number of alkyl halides is 1. The summed E-state index contributed by atoms with van der Waals surface area (Å²) in [6, 6.07) is 0. The van der Waals surface area contributed by atoms with E-state index in [1.165, 1.54) is 12.8 Å². The third kappa shape index (κ3) is 2.73. The van der Waals surface area contributed by atoms with Gasteiger partial charge in [0.1, 0.15) is 5.82 Å². The maximum Gasteiger partial charge on any atom is 0.123 e. The van der Waals surface area contributed by atoms with Crippen LogP contribution in [-0.4, -0.2) is 9.55 Å². The SMILES string of the molecule is CCC(CC)Cn1ccnc1CCl. The van der Waals surface area contributed by atoms with E-state index in [1.807, 2.05) is 12.4 Å². The number of aromatic nitrogens is 2. The van der Waals surface area contributed by atoms with Crippen LogP contribution in [0.1, 0.15) is 32.5 Å². The minimum absolute atomic E-state index is 0.507. The normalized spacial score (nSPS) is 11.1. The molecule has 1 rings (SSSR count). The molecule has 0 saturated carbocycles. The molecule has 3 heteroatoms. The fraction of sp³-hybridized carbons (Fsp3) is 0.700. The lowest BCUT2D eigenvalue weighted by molar-refractivity contribution is 0.413. The summed E-state index contributed by atoms with van der Waals surface area (Å²) in [5.41, 5.74) is 0. The maximum atomic E-state index is 5.76. The van der Waals surface area contributed by atoms with Crippen molar-refractivity contribution in [1.82, 2.24) is 9.55 Å². The summed E-state index contributed by atoms with van der Waals surface area (Å²) in [6.07, 6.45) is 6.27. The first-order chi connectivity index (χ1) is 6.31. The molecule has 1 heterocycles. The molecule has 74 valence electrons. The summed E-state index contributed by atoms with van der Waals surface area (Å²) >= 11 is 5.76. The molecular weight excluding hydrogens is 184 g/mol. The van der Waals surface area contributed by atoms with Crippen LogP contribution >= 0.6 is 11.6 Å². The molecule has 0 aliphatic rings. The van der Waals surface area contributed by atoms with E-state index in [1.54, 1.807) is 0 Å². The molecule has 0 radical (unpaired) electrons. The predicted octanol–water partition coefficient (Wildman–Crippen LogP) is 3.06. The van der Waals surface area contributed by atoms with E-state index >= 15 is 0 Å². The monoisotopic (exact) mass is 200 g/mol. The van der Waals surface area contributed by atoms with Gasteiger partial charge in [0.05, 0.1) is 5.88 Å². The van der Waals surface area contributed by atoms with Crippen LogP contribution in [0.25, 0.3) is 0 Å². The lowest BCUT2D eigenvalue weighted by Crippen LogP contribution is -2.10. The number of hydrogen-bond donors (Lipinski definition) is 0. The van der Waals surface area contributed by atoms with Crippen LogP contribution in [0.4, 0.5) is 0 Å². The molecule has 2 nitrogen and oxygen atoms in total. The molecule has 0 saturated heterocycles. The van der Waals surface area contributed by atoms with Gasteiger partial charge in [-0.25, -0.2) is 4.98 Å². The van der Waals surface area contributed by atoms with Gasteiger partial charge >= 0.3 is 0 Å². The van der Waals surface area contributed by atoms with Crippen LogP contribution in [0.3, 0.4) is 0 Å². The summed E-state index contributed by atoms with van der Waals surface area (Å²) in [6.45, 7) is 5.51. The lowest BCUT2D eigenvalue weighted by atomic mass is 10.0. The smallest absolute Gasteiger partial charge is 0.123 e. The summed E-state index contributed by atoms with van der Waals surface area (Å²) in [5.74, 6) is 2.23. The highest BCUT2D eigenvalue weighted by atomic mass is 35.5. The molecule has 0 aromatic carbocycles. The molecule has 0 aliphatic heterocycles. The molecular formula is C10H17ClN2. The van der Waals surface area contributed by atoms with Crippen LogP contribution in [0.5, 0.6) is 0 Å². The van der Waals surface area contributed by atoms with E-state index in [-0.39, 0.29) is 0 Å². The molecule has 0 N–H and O–H groups in total. The largest absolute Gasteiger partial charge is 0.334 e. The van der Waals surface area contributed by atoms with Crippen LogP contribution in [0.15, 0.2) is 12.4 Å². The van der Waals surface area contributed by atoms with Crippen LogP contribution < -0.4 is 0 Å². The lowest BCUT2D eigenvalue weighted by Gasteiger charge is -2.14. The Morgan fingerprint density at radius 3 is 2.69 bits per heavy atom. The van der Waals surface area contributed by atoms with E-state index in [0.717, 1.165) is 18.3 Å². The van der Waals surface area contributed by atoms with Crippen LogP contribution in [0, 0.1) is 5.92 Å². The predicted molar refractivity (Wildman–Crippen MR) is 55.9 cm³/mol. The van der Waals surface area contributed by atoms with Crippen molar-refractivity contribution in [2.24, 2.45) is 5.92 Å². The van der Waals surface area contributed by atoms with Gasteiger partial charge in [0.25, 0.3) is 0 Å². The second-order valence-electron chi connectivity index (χ2n) is 3.31. The Bertz CT molecular complexity index is 241. The quantitative estimate of drug-likeness (QED) is 0.669. The molecule has 0 fully saturated rings. The number of halogens is 1. The number of imidazole rings is 1. The number of nitrogens with zero attached hydrogens (tertiary/aromatic N) is 2. The summed E-state index contributed by atoms with van der Waals surface area (Å²) in [7, 11) is 0. The summed E-state index contributed by atoms with van der Waals surface area (Å²) in [5, 5.41) is 0. The highest BCUT2D eigenvalue weighted by Crippen LogP contribution is 2.12. The summed E-state index contributed by atoms with van der Waals surface area (Å²) < 4.78 is 2.16. The first-order valence-corrected chi connectivity index (χ1v) is 5.41. The fourth-order valence-electron chi connectivity index (χ4n) is 1.46. The second kappa shape index (κ2) is 5.28.